The van der Waals surface area contributed by atoms with E-state index in [1.807, 2.05) is 55.5 Å². The van der Waals surface area contributed by atoms with Crippen LogP contribution in [0.5, 0.6) is 0 Å². The van der Waals surface area contributed by atoms with Gasteiger partial charge in [-0.15, -0.1) is 0 Å². The lowest BCUT2D eigenvalue weighted by atomic mass is 9.89. The van der Waals surface area contributed by atoms with Gasteiger partial charge in [-0.25, -0.2) is 0 Å². The molecule has 0 spiro atoms. The van der Waals surface area contributed by atoms with Gasteiger partial charge in [0.05, 0.1) is 18.3 Å². The van der Waals surface area contributed by atoms with Crippen LogP contribution in [0.3, 0.4) is 0 Å². The fraction of sp³-hybridized carbons (Fsp3) is 0.560. The summed E-state index contributed by atoms with van der Waals surface area (Å²) < 4.78 is 0. The van der Waals surface area contributed by atoms with Crippen molar-refractivity contribution in [3.8, 4) is 0 Å². The van der Waals surface area contributed by atoms with Crippen LogP contribution >= 0.6 is 0 Å². The maximum absolute atomic E-state index is 11.4. The van der Waals surface area contributed by atoms with Crippen LogP contribution in [0, 0.1) is 11.8 Å². The van der Waals surface area contributed by atoms with Crippen LogP contribution in [0.2, 0.25) is 0 Å². The third-order valence-electron chi connectivity index (χ3n) is 5.77. The molecule has 0 saturated heterocycles. The van der Waals surface area contributed by atoms with Gasteiger partial charge in [0.25, 0.3) is 0 Å². The van der Waals surface area contributed by atoms with Gasteiger partial charge in [0, 0.05) is 25.3 Å². The van der Waals surface area contributed by atoms with Gasteiger partial charge in [-0.1, -0.05) is 54.6 Å². The number of hydrogen-bond donors (Lipinski definition) is 4. The molecule has 5 nitrogen and oxygen atoms in total. The highest BCUT2D eigenvalue weighted by Crippen LogP contribution is 2.36. The molecule has 1 aliphatic rings. The van der Waals surface area contributed by atoms with E-state index in [0.717, 1.165) is 19.3 Å². The first-order valence-corrected chi connectivity index (χ1v) is 11.2. The van der Waals surface area contributed by atoms with E-state index < -0.39 is 18.3 Å². The number of aliphatic hydroxyl groups excluding tert-OH is 3. The molecule has 0 heterocycles. The smallest absolute Gasteiger partial charge is 0.219 e. The Bertz CT molecular complexity index is 673. The molecule has 4 N–H and O–H groups in total. The molecule has 5 atom stereocenters. The highest BCUT2D eigenvalue weighted by atomic mass is 16.3. The molecule has 1 aliphatic carbocycles. The van der Waals surface area contributed by atoms with E-state index in [9.17, 15) is 20.1 Å². The van der Waals surface area contributed by atoms with E-state index in [4.69, 9.17) is 0 Å². The molecule has 1 amide bonds. The van der Waals surface area contributed by atoms with Crippen molar-refractivity contribution < 1.29 is 20.1 Å². The van der Waals surface area contributed by atoms with Crippen molar-refractivity contribution in [2.75, 3.05) is 6.54 Å². The Morgan fingerprint density at radius 3 is 2.70 bits per heavy atom. The number of amides is 1. The average Bonchev–Trinajstić information content (AvgIpc) is 3.00. The number of allylic oxidation sites excluding steroid dienone is 2. The molecule has 1 saturated carbocycles. The van der Waals surface area contributed by atoms with E-state index in [1.54, 1.807) is 6.08 Å². The predicted octanol–water partition coefficient (Wildman–Crippen LogP) is 3.15. The SMILES string of the molecule is CCNC(=O)CCC/C=C\C[C@@H]1[C@@H](/C=C/[C@H](O)CCc2ccccc2)[C@H](O)C[C@@H]1O. The molecule has 1 fully saturated rings. The number of carbonyl (C=O) groups excluding carboxylic acids is 1. The average molecular weight is 416 g/mol. The fourth-order valence-corrected chi connectivity index (χ4v) is 4.06. The minimum Gasteiger partial charge on any atom is -0.393 e. The van der Waals surface area contributed by atoms with Crippen LogP contribution in [0.25, 0.3) is 0 Å². The molecule has 5 heteroatoms. The number of benzene rings is 1. The lowest BCUT2D eigenvalue weighted by Gasteiger charge is -2.19. The molecular weight excluding hydrogens is 378 g/mol. The molecule has 1 aromatic rings. The van der Waals surface area contributed by atoms with Crippen LogP contribution < -0.4 is 5.32 Å². The predicted molar refractivity (Wildman–Crippen MR) is 120 cm³/mol. The largest absolute Gasteiger partial charge is 0.393 e. The van der Waals surface area contributed by atoms with Crippen molar-refractivity contribution in [1.29, 1.82) is 0 Å². The van der Waals surface area contributed by atoms with Crippen molar-refractivity contribution in [3.05, 3.63) is 60.2 Å². The van der Waals surface area contributed by atoms with E-state index in [2.05, 4.69) is 5.32 Å². The van der Waals surface area contributed by atoms with E-state index in [1.165, 1.54) is 5.56 Å². The summed E-state index contributed by atoms with van der Waals surface area (Å²) in [6.07, 6.45) is 10.6. The lowest BCUT2D eigenvalue weighted by molar-refractivity contribution is -0.121. The van der Waals surface area contributed by atoms with Crippen LogP contribution in [0.4, 0.5) is 0 Å². The molecule has 30 heavy (non-hydrogen) atoms. The van der Waals surface area contributed by atoms with Gasteiger partial charge in [-0.05, 0) is 50.5 Å². The van der Waals surface area contributed by atoms with Crippen LogP contribution in [0.1, 0.15) is 51.0 Å². The van der Waals surface area contributed by atoms with Crippen molar-refractivity contribution >= 4 is 5.91 Å². The standard InChI is InChI=1S/C25H37NO4/c1-2-26-25(30)13-9-4-3-8-12-21-22(24(29)18-23(21)28)17-16-20(27)15-14-19-10-6-5-7-11-19/h3,5-8,10-11,16-17,20-24,27-29H,2,4,9,12-15,18H2,1H3,(H,26,30)/b8-3-,17-16+/t20-,21-,22-,23+,24-/m1/s1. The summed E-state index contributed by atoms with van der Waals surface area (Å²) in [5.41, 5.74) is 1.19. The Labute approximate surface area is 180 Å². The van der Waals surface area contributed by atoms with Crippen molar-refractivity contribution in [2.24, 2.45) is 11.8 Å². The quantitative estimate of drug-likeness (QED) is 0.312. The normalized spacial score (nSPS) is 25.2. The fourth-order valence-electron chi connectivity index (χ4n) is 4.06. The van der Waals surface area contributed by atoms with Crippen molar-refractivity contribution in [3.63, 3.8) is 0 Å². The number of aryl methyl sites for hydroxylation is 1. The minimum atomic E-state index is -0.589. The number of unbranched alkanes of at least 4 members (excludes halogenated alkanes) is 1. The Hall–Kier alpha value is -1.95. The zero-order chi connectivity index (χ0) is 21.8. The summed E-state index contributed by atoms with van der Waals surface area (Å²) in [6.45, 7) is 2.57. The van der Waals surface area contributed by atoms with E-state index >= 15 is 0 Å². The van der Waals surface area contributed by atoms with Crippen molar-refractivity contribution in [1.82, 2.24) is 5.32 Å². The zero-order valence-electron chi connectivity index (χ0n) is 18.0. The van der Waals surface area contributed by atoms with E-state index in [0.29, 0.717) is 32.2 Å². The van der Waals surface area contributed by atoms with E-state index in [-0.39, 0.29) is 17.7 Å². The highest BCUT2D eigenvalue weighted by molar-refractivity contribution is 5.75. The van der Waals surface area contributed by atoms with Gasteiger partial charge in [0.2, 0.25) is 5.91 Å². The van der Waals surface area contributed by atoms with Crippen LogP contribution in [-0.4, -0.2) is 46.1 Å². The number of aliphatic hydroxyl groups is 3. The molecule has 0 unspecified atom stereocenters. The second kappa shape index (κ2) is 13.4. The zero-order valence-corrected chi connectivity index (χ0v) is 18.0. The van der Waals surface area contributed by atoms with Gasteiger partial charge in [0.15, 0.2) is 0 Å². The Morgan fingerprint density at radius 2 is 1.97 bits per heavy atom. The Morgan fingerprint density at radius 1 is 1.20 bits per heavy atom. The Kier molecular flexibility index (Phi) is 10.8. The maximum Gasteiger partial charge on any atom is 0.219 e. The number of nitrogens with one attached hydrogen (secondary N) is 1. The molecule has 1 aromatic carbocycles. The second-order valence-electron chi connectivity index (χ2n) is 8.14. The summed E-state index contributed by atoms with van der Waals surface area (Å²) >= 11 is 0. The monoisotopic (exact) mass is 415 g/mol. The summed E-state index contributed by atoms with van der Waals surface area (Å²) in [7, 11) is 0. The number of hydrogen-bond acceptors (Lipinski definition) is 4. The molecular formula is C25H37NO4. The first-order valence-electron chi connectivity index (χ1n) is 11.2. The molecule has 0 bridgehead atoms. The van der Waals surface area contributed by atoms with Gasteiger partial charge >= 0.3 is 0 Å². The molecule has 166 valence electrons. The maximum atomic E-state index is 11.4. The summed E-state index contributed by atoms with van der Waals surface area (Å²) in [6, 6.07) is 10.1. The molecule has 0 aliphatic heterocycles. The minimum absolute atomic E-state index is 0.0581. The van der Waals surface area contributed by atoms with Gasteiger partial charge < -0.3 is 20.6 Å². The number of carbonyl (C=O) groups is 1. The van der Waals surface area contributed by atoms with Crippen molar-refractivity contribution in [2.45, 2.75) is 70.2 Å². The van der Waals surface area contributed by atoms with Crippen LogP contribution in [-0.2, 0) is 11.2 Å². The van der Waals surface area contributed by atoms with Gasteiger partial charge in [0.1, 0.15) is 0 Å². The third kappa shape index (κ3) is 8.42. The topological polar surface area (TPSA) is 89.8 Å². The van der Waals surface area contributed by atoms with Crippen LogP contribution in [0.15, 0.2) is 54.6 Å². The molecule has 0 aromatic heterocycles. The molecule has 0 radical (unpaired) electrons. The number of rotatable bonds is 12. The summed E-state index contributed by atoms with van der Waals surface area (Å²) in [5, 5.41) is 33.8. The molecule has 2 rings (SSSR count). The Balaban J connectivity index is 1.78. The summed E-state index contributed by atoms with van der Waals surface area (Å²) in [5.74, 6) is -0.139. The lowest BCUT2D eigenvalue weighted by Crippen LogP contribution is -2.21. The first kappa shape index (κ1) is 24.3. The van der Waals surface area contributed by atoms with Gasteiger partial charge in [-0.2, -0.15) is 0 Å². The highest BCUT2D eigenvalue weighted by Gasteiger charge is 2.39. The van der Waals surface area contributed by atoms with Gasteiger partial charge in [-0.3, -0.25) is 4.79 Å². The summed E-state index contributed by atoms with van der Waals surface area (Å²) in [4.78, 5) is 11.4. The third-order valence-corrected chi connectivity index (χ3v) is 5.77. The first-order chi connectivity index (χ1) is 14.5. The second-order valence-corrected chi connectivity index (χ2v) is 8.14.